The van der Waals surface area contributed by atoms with Gasteiger partial charge in [0.2, 0.25) is 0 Å². The third-order valence-corrected chi connectivity index (χ3v) is 2.74. The van der Waals surface area contributed by atoms with E-state index in [1.165, 1.54) is 0 Å². The minimum absolute atomic E-state index is 0.0546. The van der Waals surface area contributed by atoms with Crippen LogP contribution in [-0.2, 0) is 11.2 Å². The first-order valence-corrected chi connectivity index (χ1v) is 5.99. The van der Waals surface area contributed by atoms with Crippen LogP contribution in [0.4, 0.5) is 5.69 Å². The van der Waals surface area contributed by atoms with E-state index in [4.69, 9.17) is 15.6 Å². The van der Waals surface area contributed by atoms with E-state index in [9.17, 15) is 4.79 Å². The normalized spacial score (nSPS) is 10.1. The molecule has 0 radical (unpaired) electrons. The minimum atomic E-state index is -0.839. The summed E-state index contributed by atoms with van der Waals surface area (Å²) < 4.78 is 5.68. The number of rotatable bonds is 5. The van der Waals surface area contributed by atoms with Gasteiger partial charge in [-0.05, 0) is 30.2 Å². The molecule has 0 unspecified atom stereocenters. The Hall–Kier alpha value is -2.49. The van der Waals surface area contributed by atoms with Crippen LogP contribution in [0.1, 0.15) is 12.0 Å². The molecule has 0 spiro atoms. The Balaban J connectivity index is 2.17. The Bertz CT molecular complexity index is 567. The van der Waals surface area contributed by atoms with Crippen molar-refractivity contribution in [3.8, 4) is 11.5 Å². The van der Waals surface area contributed by atoms with Gasteiger partial charge in [-0.2, -0.15) is 0 Å². The van der Waals surface area contributed by atoms with Crippen LogP contribution in [0.3, 0.4) is 0 Å². The molecule has 0 saturated carbocycles. The fourth-order valence-electron chi connectivity index (χ4n) is 1.75. The third kappa shape index (κ3) is 3.48. The molecule has 19 heavy (non-hydrogen) atoms. The molecule has 0 aliphatic rings. The number of benzene rings is 2. The first kappa shape index (κ1) is 13.0. The lowest BCUT2D eigenvalue weighted by Crippen LogP contribution is -2.02. The molecule has 3 N–H and O–H groups in total. The van der Waals surface area contributed by atoms with Crippen molar-refractivity contribution in [1.29, 1.82) is 0 Å². The molecule has 2 aromatic carbocycles. The number of aliphatic carboxylic acids is 1. The highest BCUT2D eigenvalue weighted by Gasteiger charge is 2.08. The van der Waals surface area contributed by atoms with Crippen molar-refractivity contribution >= 4 is 11.7 Å². The fourth-order valence-corrected chi connectivity index (χ4v) is 1.75. The van der Waals surface area contributed by atoms with Gasteiger partial charge >= 0.3 is 5.97 Å². The summed E-state index contributed by atoms with van der Waals surface area (Å²) in [7, 11) is 0. The van der Waals surface area contributed by atoms with Crippen LogP contribution in [0.25, 0.3) is 0 Å². The largest absolute Gasteiger partial charge is 0.481 e. The minimum Gasteiger partial charge on any atom is -0.481 e. The summed E-state index contributed by atoms with van der Waals surface area (Å²) in [5.74, 6) is 0.410. The number of carboxylic acid groups (broad SMARTS) is 1. The first-order chi connectivity index (χ1) is 9.16. The lowest BCUT2D eigenvalue weighted by molar-refractivity contribution is -0.136. The zero-order valence-electron chi connectivity index (χ0n) is 10.4. The average molecular weight is 257 g/mol. The number of hydrogen-bond donors (Lipinski definition) is 2. The van der Waals surface area contributed by atoms with E-state index in [0.29, 0.717) is 23.6 Å². The van der Waals surface area contributed by atoms with Crippen molar-refractivity contribution in [3.05, 3.63) is 54.1 Å². The Labute approximate surface area is 111 Å². The number of anilines is 1. The van der Waals surface area contributed by atoms with Crippen LogP contribution in [0.5, 0.6) is 11.5 Å². The predicted octanol–water partition coefficient (Wildman–Crippen LogP) is 3.08. The summed E-state index contributed by atoms with van der Waals surface area (Å²) in [5, 5.41) is 8.70. The summed E-state index contributed by atoms with van der Waals surface area (Å²) in [6, 6.07) is 14.7. The first-order valence-electron chi connectivity index (χ1n) is 5.99. The quantitative estimate of drug-likeness (QED) is 0.807. The van der Waals surface area contributed by atoms with E-state index >= 15 is 0 Å². The number of para-hydroxylation sites is 2. The molecule has 4 nitrogen and oxygen atoms in total. The lowest BCUT2D eigenvalue weighted by atomic mass is 10.1. The highest BCUT2D eigenvalue weighted by atomic mass is 16.5. The van der Waals surface area contributed by atoms with E-state index < -0.39 is 5.97 Å². The van der Waals surface area contributed by atoms with Crippen molar-refractivity contribution in [2.45, 2.75) is 12.8 Å². The summed E-state index contributed by atoms with van der Waals surface area (Å²) in [6.07, 6.45) is 0.451. The molecule has 0 bridgehead atoms. The Morgan fingerprint density at radius 2 is 1.84 bits per heavy atom. The van der Waals surface area contributed by atoms with Crippen molar-refractivity contribution in [1.82, 2.24) is 0 Å². The van der Waals surface area contributed by atoms with Crippen LogP contribution in [0.15, 0.2) is 48.5 Å². The number of aryl methyl sites for hydroxylation is 1. The molecule has 0 aromatic heterocycles. The summed E-state index contributed by atoms with van der Waals surface area (Å²) in [5.41, 5.74) is 7.28. The predicted molar refractivity (Wildman–Crippen MR) is 73.3 cm³/mol. The average Bonchev–Trinajstić information content (AvgIpc) is 2.41. The standard InChI is InChI=1S/C15H15NO3/c16-15-11(9-10-14(17)18)5-4-8-13(15)19-12-6-2-1-3-7-12/h1-8H,9-10,16H2,(H,17,18). The molecule has 0 aliphatic carbocycles. The van der Waals surface area contributed by atoms with E-state index in [1.54, 1.807) is 6.07 Å². The number of nitrogen functional groups attached to an aromatic ring is 1. The fraction of sp³-hybridized carbons (Fsp3) is 0.133. The number of nitrogens with two attached hydrogens (primary N) is 1. The molecule has 0 saturated heterocycles. The summed E-state index contributed by atoms with van der Waals surface area (Å²) >= 11 is 0. The van der Waals surface area contributed by atoms with Gasteiger partial charge in [0.25, 0.3) is 0 Å². The Morgan fingerprint density at radius 3 is 2.53 bits per heavy atom. The van der Waals surface area contributed by atoms with Crippen LogP contribution in [0, 0.1) is 0 Å². The van der Waals surface area contributed by atoms with Crippen molar-refractivity contribution in [2.75, 3.05) is 5.73 Å². The molecule has 98 valence electrons. The molecule has 2 aromatic rings. The van der Waals surface area contributed by atoms with Gasteiger partial charge in [-0.15, -0.1) is 0 Å². The topological polar surface area (TPSA) is 72.6 Å². The van der Waals surface area contributed by atoms with E-state index in [0.717, 1.165) is 5.56 Å². The van der Waals surface area contributed by atoms with Gasteiger partial charge < -0.3 is 15.6 Å². The number of hydrogen-bond acceptors (Lipinski definition) is 3. The van der Waals surface area contributed by atoms with Gasteiger partial charge in [0, 0.05) is 6.42 Å². The second-order valence-corrected chi connectivity index (χ2v) is 4.14. The van der Waals surface area contributed by atoms with E-state index in [2.05, 4.69) is 0 Å². The van der Waals surface area contributed by atoms with Crippen LogP contribution < -0.4 is 10.5 Å². The number of ether oxygens (including phenoxy) is 1. The molecule has 0 aliphatic heterocycles. The van der Waals surface area contributed by atoms with Gasteiger partial charge in [0.15, 0.2) is 5.75 Å². The van der Waals surface area contributed by atoms with Gasteiger partial charge in [0.05, 0.1) is 5.69 Å². The van der Waals surface area contributed by atoms with Gasteiger partial charge in [0.1, 0.15) is 5.75 Å². The number of carbonyl (C=O) groups is 1. The van der Waals surface area contributed by atoms with Crippen LogP contribution in [-0.4, -0.2) is 11.1 Å². The van der Waals surface area contributed by atoms with Crippen molar-refractivity contribution in [3.63, 3.8) is 0 Å². The molecule has 0 atom stereocenters. The molecule has 0 heterocycles. The Morgan fingerprint density at radius 1 is 1.11 bits per heavy atom. The highest BCUT2D eigenvalue weighted by molar-refractivity contribution is 5.68. The molecule has 0 amide bonds. The van der Waals surface area contributed by atoms with Crippen molar-refractivity contribution in [2.24, 2.45) is 0 Å². The SMILES string of the molecule is Nc1c(CCC(=O)O)cccc1Oc1ccccc1. The zero-order valence-corrected chi connectivity index (χ0v) is 10.4. The summed E-state index contributed by atoms with van der Waals surface area (Å²) in [4.78, 5) is 10.6. The van der Waals surface area contributed by atoms with Gasteiger partial charge in [-0.3, -0.25) is 4.79 Å². The maximum absolute atomic E-state index is 10.6. The molecule has 2 rings (SSSR count). The van der Waals surface area contributed by atoms with Gasteiger partial charge in [-0.1, -0.05) is 30.3 Å². The lowest BCUT2D eigenvalue weighted by Gasteiger charge is -2.11. The zero-order chi connectivity index (χ0) is 13.7. The highest BCUT2D eigenvalue weighted by Crippen LogP contribution is 2.30. The molecular weight excluding hydrogens is 242 g/mol. The van der Waals surface area contributed by atoms with Crippen LogP contribution >= 0.6 is 0 Å². The maximum Gasteiger partial charge on any atom is 0.303 e. The van der Waals surface area contributed by atoms with Crippen molar-refractivity contribution < 1.29 is 14.6 Å². The van der Waals surface area contributed by atoms with E-state index in [-0.39, 0.29) is 6.42 Å². The maximum atomic E-state index is 10.6. The van der Waals surface area contributed by atoms with Crippen LogP contribution in [0.2, 0.25) is 0 Å². The third-order valence-electron chi connectivity index (χ3n) is 2.74. The monoisotopic (exact) mass is 257 g/mol. The second-order valence-electron chi connectivity index (χ2n) is 4.14. The summed E-state index contributed by atoms with van der Waals surface area (Å²) in [6.45, 7) is 0. The van der Waals surface area contributed by atoms with Gasteiger partial charge in [-0.25, -0.2) is 0 Å². The van der Waals surface area contributed by atoms with E-state index in [1.807, 2.05) is 42.5 Å². The number of carboxylic acids is 1. The molecule has 0 fully saturated rings. The molecule has 4 heteroatoms. The second kappa shape index (κ2) is 5.91. The smallest absolute Gasteiger partial charge is 0.303 e. The molecular formula is C15H15NO3. The Kier molecular flexibility index (Phi) is 4.03.